The highest BCUT2D eigenvalue weighted by Crippen LogP contribution is 2.27. The molecular formula is C31H43N3O7S. The molecule has 1 aromatic carbocycles. The molecule has 2 aromatic rings. The standard InChI is InChI=1S/C31H43N3O7S/c1-4-8-27(22(2)3)40-31(37)41-29-18-14-25(21-33-29)30(36)34-42(38,39)26-15-11-24(12-16-26)19-20-32-28(35)17-13-23-9-6-5-7-10-23/h11-12,14-16,18,21-23,27H,4-10,13,17,19-20H2,1-3H3,(H,32,35)(H,34,36). The summed E-state index contributed by atoms with van der Waals surface area (Å²) in [6.45, 7) is 6.35. The number of rotatable bonds is 14. The molecule has 0 spiro atoms. The van der Waals surface area contributed by atoms with Crippen molar-refractivity contribution in [3.8, 4) is 5.88 Å². The van der Waals surface area contributed by atoms with Crippen LogP contribution in [0.3, 0.4) is 0 Å². The summed E-state index contributed by atoms with van der Waals surface area (Å²) in [7, 11) is -4.14. The highest BCUT2D eigenvalue weighted by Gasteiger charge is 2.21. The number of pyridine rings is 1. The number of amides is 2. The van der Waals surface area contributed by atoms with Gasteiger partial charge in [-0.1, -0.05) is 71.4 Å². The Morgan fingerprint density at radius 1 is 1.02 bits per heavy atom. The second kappa shape index (κ2) is 16.2. The SMILES string of the molecule is CCCC(OC(=O)Oc1ccc(C(=O)NS(=O)(=O)c2ccc(CCNC(=O)CCC3CCCCC3)cc2)cn1)C(C)C. The van der Waals surface area contributed by atoms with Crippen LogP contribution in [0.1, 0.15) is 94.5 Å². The third kappa shape index (κ3) is 10.7. The first-order valence-corrected chi connectivity index (χ1v) is 16.3. The fourth-order valence-corrected chi connectivity index (χ4v) is 5.92. The van der Waals surface area contributed by atoms with Crippen molar-refractivity contribution in [3.63, 3.8) is 0 Å². The summed E-state index contributed by atoms with van der Waals surface area (Å²) >= 11 is 0. The predicted octanol–water partition coefficient (Wildman–Crippen LogP) is 5.56. The second-order valence-electron chi connectivity index (χ2n) is 11.1. The van der Waals surface area contributed by atoms with Crippen LogP contribution in [0.15, 0.2) is 47.5 Å². The van der Waals surface area contributed by atoms with E-state index in [1.54, 1.807) is 12.1 Å². The summed E-state index contributed by atoms with van der Waals surface area (Å²) in [5, 5.41) is 2.94. The number of nitrogens with one attached hydrogen (secondary N) is 2. The minimum absolute atomic E-state index is 0.0267. The Hall–Kier alpha value is -3.47. The van der Waals surface area contributed by atoms with Crippen LogP contribution in [-0.4, -0.2) is 44.0 Å². The number of carbonyl (C=O) groups excluding carboxylic acids is 3. The lowest BCUT2D eigenvalue weighted by Gasteiger charge is -2.20. The molecule has 1 unspecified atom stereocenters. The lowest BCUT2D eigenvalue weighted by molar-refractivity contribution is -0.121. The highest BCUT2D eigenvalue weighted by atomic mass is 32.2. The largest absolute Gasteiger partial charge is 0.515 e. The van der Waals surface area contributed by atoms with Crippen molar-refractivity contribution in [2.75, 3.05) is 6.54 Å². The van der Waals surface area contributed by atoms with Crippen molar-refractivity contribution >= 4 is 28.0 Å². The van der Waals surface area contributed by atoms with Gasteiger partial charge < -0.3 is 14.8 Å². The van der Waals surface area contributed by atoms with Crippen molar-refractivity contribution in [3.05, 3.63) is 53.7 Å². The molecule has 230 valence electrons. The van der Waals surface area contributed by atoms with Gasteiger partial charge in [0.2, 0.25) is 11.8 Å². The average molecular weight is 602 g/mol. The Morgan fingerprint density at radius 2 is 1.74 bits per heavy atom. The van der Waals surface area contributed by atoms with Gasteiger partial charge in [-0.05, 0) is 54.9 Å². The lowest BCUT2D eigenvalue weighted by Crippen LogP contribution is -2.30. The van der Waals surface area contributed by atoms with Crippen LogP contribution in [-0.2, 0) is 26.0 Å². The number of hydrogen-bond donors (Lipinski definition) is 2. The molecule has 0 aliphatic heterocycles. The minimum Gasteiger partial charge on any atom is -0.430 e. The number of sulfonamides is 1. The molecule has 42 heavy (non-hydrogen) atoms. The molecule has 11 heteroatoms. The summed E-state index contributed by atoms with van der Waals surface area (Å²) in [6.07, 6.45) is 9.80. The number of carbonyl (C=O) groups is 3. The van der Waals surface area contributed by atoms with Crippen molar-refractivity contribution in [1.82, 2.24) is 15.0 Å². The van der Waals surface area contributed by atoms with Gasteiger partial charge in [-0.2, -0.15) is 0 Å². The summed E-state index contributed by atoms with van der Waals surface area (Å²) in [5.74, 6) is -0.118. The number of nitrogens with zero attached hydrogens (tertiary/aromatic N) is 1. The number of ether oxygens (including phenoxy) is 2. The summed E-state index contributed by atoms with van der Waals surface area (Å²) in [4.78, 5) is 40.7. The molecule has 1 aromatic heterocycles. The summed E-state index contributed by atoms with van der Waals surface area (Å²) in [6, 6.07) is 8.74. The normalized spacial score (nSPS) is 14.7. The van der Waals surface area contributed by atoms with E-state index in [4.69, 9.17) is 9.47 Å². The Morgan fingerprint density at radius 3 is 2.36 bits per heavy atom. The molecule has 1 atom stereocenters. The molecule has 2 N–H and O–H groups in total. The van der Waals surface area contributed by atoms with Gasteiger partial charge in [-0.15, -0.1) is 0 Å². The van der Waals surface area contributed by atoms with Crippen LogP contribution in [0.2, 0.25) is 0 Å². The zero-order valence-electron chi connectivity index (χ0n) is 24.8. The maximum Gasteiger partial charge on any atom is 0.515 e. The first kappa shape index (κ1) is 33.0. The molecule has 1 heterocycles. The molecule has 3 rings (SSSR count). The van der Waals surface area contributed by atoms with Crippen LogP contribution in [0.5, 0.6) is 5.88 Å². The first-order chi connectivity index (χ1) is 20.1. The Balaban J connectivity index is 1.45. The fraction of sp³-hybridized carbons (Fsp3) is 0.548. The van der Waals surface area contributed by atoms with E-state index in [0.717, 1.165) is 24.6 Å². The van der Waals surface area contributed by atoms with Gasteiger partial charge >= 0.3 is 6.16 Å². The van der Waals surface area contributed by atoms with Crippen molar-refractivity contribution in [1.29, 1.82) is 0 Å². The molecular weight excluding hydrogens is 558 g/mol. The maximum absolute atomic E-state index is 12.8. The Kier molecular flexibility index (Phi) is 12.8. The van der Waals surface area contributed by atoms with Gasteiger partial charge in [0.05, 0.1) is 10.5 Å². The monoisotopic (exact) mass is 601 g/mol. The van der Waals surface area contributed by atoms with Gasteiger partial charge in [-0.3, -0.25) is 9.59 Å². The van der Waals surface area contributed by atoms with E-state index in [0.29, 0.717) is 31.7 Å². The fourth-order valence-electron chi connectivity index (χ4n) is 4.94. The molecule has 0 bridgehead atoms. The number of hydrogen-bond acceptors (Lipinski definition) is 8. The topological polar surface area (TPSA) is 141 Å². The smallest absolute Gasteiger partial charge is 0.430 e. The van der Waals surface area contributed by atoms with Crippen molar-refractivity contribution in [2.45, 2.75) is 96.0 Å². The van der Waals surface area contributed by atoms with E-state index >= 15 is 0 Å². The molecule has 10 nitrogen and oxygen atoms in total. The molecule has 0 saturated heterocycles. The maximum atomic E-state index is 12.8. The average Bonchev–Trinajstić information content (AvgIpc) is 2.96. The third-order valence-corrected chi connectivity index (χ3v) is 8.80. The summed E-state index contributed by atoms with van der Waals surface area (Å²) < 4.78 is 38.0. The zero-order chi connectivity index (χ0) is 30.5. The van der Waals surface area contributed by atoms with Crippen LogP contribution >= 0.6 is 0 Å². The van der Waals surface area contributed by atoms with Gasteiger partial charge in [-0.25, -0.2) is 22.9 Å². The number of aromatic nitrogens is 1. The molecule has 1 saturated carbocycles. The van der Waals surface area contributed by atoms with Gasteiger partial charge in [0.1, 0.15) is 6.10 Å². The van der Waals surface area contributed by atoms with Gasteiger partial charge in [0, 0.05) is 25.2 Å². The van der Waals surface area contributed by atoms with Gasteiger partial charge in [0.15, 0.2) is 0 Å². The van der Waals surface area contributed by atoms with Crippen LogP contribution in [0.25, 0.3) is 0 Å². The van der Waals surface area contributed by atoms with Crippen LogP contribution < -0.4 is 14.8 Å². The highest BCUT2D eigenvalue weighted by molar-refractivity contribution is 7.90. The predicted molar refractivity (Wildman–Crippen MR) is 158 cm³/mol. The quantitative estimate of drug-likeness (QED) is 0.268. The Labute approximate surface area is 249 Å². The zero-order valence-corrected chi connectivity index (χ0v) is 25.6. The molecule has 0 radical (unpaired) electrons. The van der Waals surface area contributed by atoms with E-state index in [1.165, 1.54) is 56.4 Å². The van der Waals surface area contributed by atoms with E-state index in [2.05, 4.69) is 10.3 Å². The lowest BCUT2D eigenvalue weighted by atomic mass is 9.86. The van der Waals surface area contributed by atoms with E-state index in [1.807, 2.05) is 25.5 Å². The van der Waals surface area contributed by atoms with Crippen LogP contribution in [0, 0.1) is 11.8 Å². The van der Waals surface area contributed by atoms with Crippen LogP contribution in [0.4, 0.5) is 4.79 Å². The Bertz CT molecular complexity index is 1270. The first-order valence-electron chi connectivity index (χ1n) is 14.8. The molecule has 1 aliphatic rings. The summed E-state index contributed by atoms with van der Waals surface area (Å²) in [5.41, 5.74) is 0.835. The van der Waals surface area contributed by atoms with Gasteiger partial charge in [0.25, 0.3) is 15.9 Å². The van der Waals surface area contributed by atoms with E-state index in [9.17, 15) is 22.8 Å². The minimum atomic E-state index is -4.14. The molecule has 2 amide bonds. The third-order valence-electron chi connectivity index (χ3n) is 7.45. The number of benzene rings is 1. The second-order valence-corrected chi connectivity index (χ2v) is 12.8. The van der Waals surface area contributed by atoms with Crippen molar-refractivity contribution < 1.29 is 32.3 Å². The van der Waals surface area contributed by atoms with E-state index in [-0.39, 0.29) is 34.3 Å². The van der Waals surface area contributed by atoms with Crippen molar-refractivity contribution in [2.24, 2.45) is 11.8 Å². The molecule has 1 fully saturated rings. The molecule has 1 aliphatic carbocycles. The van der Waals surface area contributed by atoms with E-state index < -0.39 is 22.1 Å².